The van der Waals surface area contributed by atoms with Crippen LogP contribution in [0.25, 0.3) is 0 Å². The quantitative estimate of drug-likeness (QED) is 0.448. The fourth-order valence-electron chi connectivity index (χ4n) is 2.22. The molecule has 104 valence electrons. The van der Waals surface area contributed by atoms with Gasteiger partial charge in [-0.05, 0) is 31.9 Å². The molecule has 1 rings (SSSR count). The standard InChI is InChI=1S/C14H20N2O3/c1-5-12(6-2)15(4)13-8-7-11(10(3)17)9-14(13)16(18)19/h7-9,12H,5-6H2,1-4H3. The van der Waals surface area contributed by atoms with Gasteiger partial charge in [0.1, 0.15) is 5.69 Å². The topological polar surface area (TPSA) is 63.5 Å². The normalized spacial score (nSPS) is 10.6. The fourth-order valence-corrected chi connectivity index (χ4v) is 2.22. The summed E-state index contributed by atoms with van der Waals surface area (Å²) < 4.78 is 0. The zero-order valence-electron chi connectivity index (χ0n) is 11.8. The van der Waals surface area contributed by atoms with E-state index in [1.54, 1.807) is 12.1 Å². The molecule has 5 heteroatoms. The summed E-state index contributed by atoms with van der Waals surface area (Å²) in [7, 11) is 1.85. The van der Waals surface area contributed by atoms with Crippen LogP contribution in [0.4, 0.5) is 11.4 Å². The third kappa shape index (κ3) is 3.30. The molecule has 0 atom stereocenters. The molecule has 0 aliphatic carbocycles. The molecule has 0 radical (unpaired) electrons. The van der Waals surface area contributed by atoms with Crippen LogP contribution in [-0.4, -0.2) is 23.8 Å². The first kappa shape index (κ1) is 15.1. The molecule has 0 unspecified atom stereocenters. The van der Waals surface area contributed by atoms with Crippen LogP contribution < -0.4 is 4.90 Å². The molecule has 0 aliphatic rings. The van der Waals surface area contributed by atoms with Crippen molar-refractivity contribution < 1.29 is 9.72 Å². The first-order chi connectivity index (χ1) is 8.92. The van der Waals surface area contributed by atoms with Crippen molar-refractivity contribution >= 4 is 17.2 Å². The van der Waals surface area contributed by atoms with Gasteiger partial charge in [0.15, 0.2) is 5.78 Å². The van der Waals surface area contributed by atoms with Crippen molar-refractivity contribution in [1.82, 2.24) is 0 Å². The van der Waals surface area contributed by atoms with Gasteiger partial charge in [0, 0.05) is 24.7 Å². The molecule has 19 heavy (non-hydrogen) atoms. The van der Waals surface area contributed by atoms with Crippen LogP contribution >= 0.6 is 0 Å². The van der Waals surface area contributed by atoms with E-state index in [-0.39, 0.29) is 17.5 Å². The maximum atomic E-state index is 11.3. The lowest BCUT2D eigenvalue weighted by Gasteiger charge is -2.28. The predicted octanol–water partition coefficient (Wildman–Crippen LogP) is 3.42. The van der Waals surface area contributed by atoms with Gasteiger partial charge in [0.25, 0.3) is 5.69 Å². The Morgan fingerprint density at radius 2 is 1.95 bits per heavy atom. The summed E-state index contributed by atoms with van der Waals surface area (Å²) in [6.45, 7) is 5.52. The van der Waals surface area contributed by atoms with Crippen LogP contribution in [0.3, 0.4) is 0 Å². The van der Waals surface area contributed by atoms with Crippen molar-refractivity contribution in [3.05, 3.63) is 33.9 Å². The number of nitro benzene ring substituents is 1. The van der Waals surface area contributed by atoms with Crippen LogP contribution in [0, 0.1) is 10.1 Å². The molecule has 1 aromatic rings. The van der Waals surface area contributed by atoms with Crippen molar-refractivity contribution in [3.8, 4) is 0 Å². The number of rotatable bonds is 6. The summed E-state index contributed by atoms with van der Waals surface area (Å²) >= 11 is 0. The molecule has 1 aromatic carbocycles. The van der Waals surface area contributed by atoms with Crippen molar-refractivity contribution in [2.45, 2.75) is 39.7 Å². The average Bonchev–Trinajstić information content (AvgIpc) is 2.39. The summed E-state index contributed by atoms with van der Waals surface area (Å²) in [5.74, 6) is -0.167. The first-order valence-electron chi connectivity index (χ1n) is 6.44. The van der Waals surface area contributed by atoms with Gasteiger partial charge in [-0.2, -0.15) is 0 Å². The lowest BCUT2D eigenvalue weighted by Crippen LogP contribution is -2.30. The van der Waals surface area contributed by atoms with Gasteiger partial charge in [-0.25, -0.2) is 0 Å². The monoisotopic (exact) mass is 264 g/mol. The lowest BCUT2D eigenvalue weighted by molar-refractivity contribution is -0.384. The number of benzene rings is 1. The van der Waals surface area contributed by atoms with Crippen LogP contribution in [-0.2, 0) is 0 Å². The van der Waals surface area contributed by atoms with Gasteiger partial charge < -0.3 is 4.90 Å². The Balaban J connectivity index is 3.27. The largest absolute Gasteiger partial charge is 0.366 e. The summed E-state index contributed by atoms with van der Waals surface area (Å²) in [5, 5.41) is 11.2. The summed E-state index contributed by atoms with van der Waals surface area (Å²) in [6, 6.07) is 4.91. The number of hydrogen-bond acceptors (Lipinski definition) is 4. The number of anilines is 1. The molecule has 0 spiro atoms. The number of nitro groups is 1. The molecule has 0 aliphatic heterocycles. The van der Waals surface area contributed by atoms with Crippen molar-refractivity contribution in [3.63, 3.8) is 0 Å². The first-order valence-corrected chi connectivity index (χ1v) is 6.44. The Hall–Kier alpha value is -1.91. The van der Waals surface area contributed by atoms with Crippen LogP contribution in [0.15, 0.2) is 18.2 Å². The summed E-state index contributed by atoms with van der Waals surface area (Å²) in [6.07, 6.45) is 1.83. The van der Waals surface area contributed by atoms with Crippen molar-refractivity contribution in [2.24, 2.45) is 0 Å². The molecule has 5 nitrogen and oxygen atoms in total. The van der Waals surface area contributed by atoms with E-state index in [1.807, 2.05) is 11.9 Å². The third-order valence-corrected chi connectivity index (χ3v) is 3.45. The van der Waals surface area contributed by atoms with E-state index < -0.39 is 4.92 Å². The predicted molar refractivity (Wildman–Crippen MR) is 75.9 cm³/mol. The number of Topliss-reactive ketones (excluding diaryl/α,β-unsaturated/α-hetero) is 1. The zero-order chi connectivity index (χ0) is 14.6. The highest BCUT2D eigenvalue weighted by molar-refractivity contribution is 5.95. The number of carbonyl (C=O) groups excluding carboxylic acids is 1. The van der Waals surface area contributed by atoms with Crippen LogP contribution in [0.5, 0.6) is 0 Å². The van der Waals surface area contributed by atoms with Gasteiger partial charge in [0.2, 0.25) is 0 Å². The van der Waals surface area contributed by atoms with Gasteiger partial charge >= 0.3 is 0 Å². The Kier molecular flexibility index (Phi) is 5.03. The minimum Gasteiger partial charge on any atom is -0.366 e. The Morgan fingerprint density at radius 3 is 2.37 bits per heavy atom. The van der Waals surface area contributed by atoms with Gasteiger partial charge in [-0.3, -0.25) is 14.9 Å². The second-order valence-electron chi connectivity index (χ2n) is 4.60. The molecule has 0 heterocycles. The number of carbonyl (C=O) groups is 1. The van der Waals surface area contributed by atoms with Crippen LogP contribution in [0.1, 0.15) is 44.0 Å². The Bertz CT molecular complexity index is 482. The summed E-state index contributed by atoms with van der Waals surface area (Å²) in [5.41, 5.74) is 0.916. The Labute approximate surface area is 113 Å². The molecule has 0 saturated heterocycles. The Morgan fingerprint density at radius 1 is 1.37 bits per heavy atom. The smallest absolute Gasteiger partial charge is 0.293 e. The maximum absolute atomic E-state index is 11.3. The highest BCUT2D eigenvalue weighted by atomic mass is 16.6. The van der Waals surface area contributed by atoms with E-state index in [1.165, 1.54) is 13.0 Å². The minimum atomic E-state index is -0.430. The maximum Gasteiger partial charge on any atom is 0.293 e. The number of nitrogens with zero attached hydrogens (tertiary/aromatic N) is 2. The number of ketones is 1. The second-order valence-corrected chi connectivity index (χ2v) is 4.60. The van der Waals surface area contributed by atoms with E-state index in [4.69, 9.17) is 0 Å². The summed E-state index contributed by atoms with van der Waals surface area (Å²) in [4.78, 5) is 24.0. The van der Waals surface area contributed by atoms with E-state index >= 15 is 0 Å². The zero-order valence-corrected chi connectivity index (χ0v) is 11.8. The van der Waals surface area contributed by atoms with E-state index in [2.05, 4.69) is 13.8 Å². The third-order valence-electron chi connectivity index (χ3n) is 3.45. The second kappa shape index (κ2) is 6.31. The fraction of sp³-hybridized carbons (Fsp3) is 0.500. The highest BCUT2D eigenvalue weighted by Gasteiger charge is 2.22. The molecular formula is C14H20N2O3. The SMILES string of the molecule is CCC(CC)N(C)c1ccc(C(C)=O)cc1[N+](=O)[O-]. The van der Waals surface area contributed by atoms with E-state index in [0.717, 1.165) is 12.8 Å². The molecule has 0 bridgehead atoms. The lowest BCUT2D eigenvalue weighted by atomic mass is 10.1. The van der Waals surface area contributed by atoms with Crippen molar-refractivity contribution in [1.29, 1.82) is 0 Å². The molecule has 0 amide bonds. The van der Waals surface area contributed by atoms with E-state index in [0.29, 0.717) is 11.3 Å². The molecule has 0 aromatic heterocycles. The minimum absolute atomic E-state index is 0.0119. The van der Waals surface area contributed by atoms with E-state index in [9.17, 15) is 14.9 Å². The van der Waals surface area contributed by atoms with Gasteiger partial charge in [-0.1, -0.05) is 13.8 Å². The van der Waals surface area contributed by atoms with Crippen molar-refractivity contribution in [2.75, 3.05) is 11.9 Å². The number of hydrogen-bond donors (Lipinski definition) is 0. The molecule has 0 N–H and O–H groups in total. The molecule has 0 fully saturated rings. The van der Waals surface area contributed by atoms with Gasteiger partial charge in [0.05, 0.1) is 4.92 Å². The van der Waals surface area contributed by atoms with Gasteiger partial charge in [-0.15, -0.1) is 0 Å². The average molecular weight is 264 g/mol. The molecule has 0 saturated carbocycles. The van der Waals surface area contributed by atoms with Crippen LogP contribution in [0.2, 0.25) is 0 Å². The molecular weight excluding hydrogens is 244 g/mol. The highest BCUT2D eigenvalue weighted by Crippen LogP contribution is 2.31.